The number of rotatable bonds is 6. The molecule has 0 bridgehead atoms. The lowest BCUT2D eigenvalue weighted by atomic mass is 10.3. The third kappa shape index (κ3) is 5.31. The number of anilines is 1. The van der Waals surface area contributed by atoms with Crippen LogP contribution in [-0.4, -0.2) is 23.2 Å². The largest absolute Gasteiger partial charge is 0.355 e. The van der Waals surface area contributed by atoms with Gasteiger partial charge in [-0.3, -0.25) is 9.59 Å². The van der Waals surface area contributed by atoms with Gasteiger partial charge in [0.1, 0.15) is 0 Å². The minimum atomic E-state index is -0.185. The standard InChI is InChI=1S/C13H17BrN2O2/c1-2-11(14)13(18)15-9-8-12(17)16-10-6-4-3-5-7-10/h3-7,11H,2,8-9H2,1H3,(H,15,18)(H,16,17)/t11-/m1/s1. The lowest BCUT2D eigenvalue weighted by Gasteiger charge is -2.09. The molecule has 0 fully saturated rings. The lowest BCUT2D eigenvalue weighted by Crippen LogP contribution is -2.33. The molecule has 1 rings (SSSR count). The van der Waals surface area contributed by atoms with Crippen molar-refractivity contribution in [2.24, 2.45) is 0 Å². The number of halogens is 1. The number of carbonyl (C=O) groups excluding carboxylic acids is 2. The maximum Gasteiger partial charge on any atom is 0.233 e. The Labute approximate surface area is 115 Å². The molecule has 18 heavy (non-hydrogen) atoms. The minimum absolute atomic E-state index is 0.0787. The van der Waals surface area contributed by atoms with Gasteiger partial charge < -0.3 is 10.6 Å². The van der Waals surface area contributed by atoms with Crippen LogP contribution < -0.4 is 10.6 Å². The quantitative estimate of drug-likeness (QED) is 0.792. The summed E-state index contributed by atoms with van der Waals surface area (Å²) in [5, 5.41) is 5.46. The highest BCUT2D eigenvalue weighted by Gasteiger charge is 2.11. The molecule has 0 radical (unpaired) electrons. The number of alkyl halides is 1. The number of carbonyl (C=O) groups is 2. The molecule has 2 N–H and O–H groups in total. The predicted molar refractivity (Wildman–Crippen MR) is 75.7 cm³/mol. The third-order valence-corrected chi connectivity index (χ3v) is 3.42. The van der Waals surface area contributed by atoms with E-state index in [0.29, 0.717) is 6.54 Å². The number of nitrogens with one attached hydrogen (secondary N) is 2. The Balaban J connectivity index is 2.24. The number of amides is 2. The molecule has 0 heterocycles. The van der Waals surface area contributed by atoms with Gasteiger partial charge in [-0.15, -0.1) is 0 Å². The zero-order valence-corrected chi connectivity index (χ0v) is 11.9. The van der Waals surface area contributed by atoms with Gasteiger partial charge in [-0.25, -0.2) is 0 Å². The fourth-order valence-corrected chi connectivity index (χ4v) is 1.50. The molecule has 0 aliphatic heterocycles. The van der Waals surface area contributed by atoms with Crippen molar-refractivity contribution in [3.8, 4) is 0 Å². The molecule has 0 saturated heterocycles. The molecule has 1 aromatic carbocycles. The summed E-state index contributed by atoms with van der Waals surface area (Å²) >= 11 is 3.25. The summed E-state index contributed by atoms with van der Waals surface area (Å²) in [7, 11) is 0. The smallest absolute Gasteiger partial charge is 0.233 e. The van der Waals surface area contributed by atoms with E-state index < -0.39 is 0 Å². The SMILES string of the molecule is CC[C@@H](Br)C(=O)NCCC(=O)Nc1ccccc1. The van der Waals surface area contributed by atoms with Crippen LogP contribution in [0.1, 0.15) is 19.8 Å². The average molecular weight is 313 g/mol. The topological polar surface area (TPSA) is 58.2 Å². The van der Waals surface area contributed by atoms with Crippen LogP contribution in [-0.2, 0) is 9.59 Å². The van der Waals surface area contributed by atoms with Crippen molar-refractivity contribution < 1.29 is 9.59 Å². The summed E-state index contributed by atoms with van der Waals surface area (Å²) in [6, 6.07) is 9.24. The molecule has 0 aliphatic rings. The number of hydrogen-bond donors (Lipinski definition) is 2. The van der Waals surface area contributed by atoms with Gasteiger partial charge >= 0.3 is 0 Å². The highest BCUT2D eigenvalue weighted by Crippen LogP contribution is 2.05. The first-order valence-corrected chi connectivity index (χ1v) is 6.81. The second-order valence-corrected chi connectivity index (χ2v) is 4.94. The monoisotopic (exact) mass is 312 g/mol. The van der Waals surface area contributed by atoms with Crippen LogP contribution >= 0.6 is 15.9 Å². The van der Waals surface area contributed by atoms with Crippen LogP contribution in [0.25, 0.3) is 0 Å². The Hall–Kier alpha value is -1.36. The highest BCUT2D eigenvalue weighted by molar-refractivity contribution is 9.10. The lowest BCUT2D eigenvalue weighted by molar-refractivity contribution is -0.120. The predicted octanol–water partition coefficient (Wildman–Crippen LogP) is 2.30. The molecule has 0 unspecified atom stereocenters. The Morgan fingerprint density at radius 2 is 1.94 bits per heavy atom. The van der Waals surface area contributed by atoms with E-state index in [1.54, 1.807) is 0 Å². The van der Waals surface area contributed by atoms with Crippen molar-refractivity contribution in [3.05, 3.63) is 30.3 Å². The van der Waals surface area contributed by atoms with Crippen molar-refractivity contribution in [1.82, 2.24) is 5.32 Å². The van der Waals surface area contributed by atoms with Gasteiger partial charge in [0.15, 0.2) is 0 Å². The average Bonchev–Trinajstić information content (AvgIpc) is 2.38. The van der Waals surface area contributed by atoms with Gasteiger partial charge in [-0.1, -0.05) is 41.1 Å². The van der Waals surface area contributed by atoms with Crippen LogP contribution in [0.2, 0.25) is 0 Å². The number of para-hydroxylation sites is 1. The molecule has 0 saturated carbocycles. The molecular formula is C13H17BrN2O2. The number of benzene rings is 1. The van der Waals surface area contributed by atoms with Crippen LogP contribution in [0.5, 0.6) is 0 Å². The summed E-state index contributed by atoms with van der Waals surface area (Å²) in [5.41, 5.74) is 0.765. The second kappa shape index (κ2) is 7.87. The summed E-state index contributed by atoms with van der Waals surface area (Å²) < 4.78 is 0. The first-order chi connectivity index (χ1) is 8.63. The molecule has 98 valence electrons. The van der Waals surface area contributed by atoms with Crippen LogP contribution in [0.3, 0.4) is 0 Å². The summed E-state index contributed by atoms with van der Waals surface area (Å²) in [4.78, 5) is 22.8. The molecule has 0 aromatic heterocycles. The van der Waals surface area contributed by atoms with E-state index in [2.05, 4.69) is 26.6 Å². The molecule has 1 aromatic rings. The fourth-order valence-electron chi connectivity index (χ4n) is 1.34. The van der Waals surface area contributed by atoms with E-state index in [-0.39, 0.29) is 23.1 Å². The van der Waals surface area contributed by atoms with E-state index >= 15 is 0 Å². The Morgan fingerprint density at radius 1 is 1.28 bits per heavy atom. The normalized spacial score (nSPS) is 11.7. The molecule has 0 aliphatic carbocycles. The number of hydrogen-bond acceptors (Lipinski definition) is 2. The van der Waals surface area contributed by atoms with Crippen LogP contribution in [0.15, 0.2) is 30.3 Å². The summed E-state index contributed by atoms with van der Waals surface area (Å²) in [6.45, 7) is 2.26. The van der Waals surface area contributed by atoms with Crippen molar-refractivity contribution in [3.63, 3.8) is 0 Å². The van der Waals surface area contributed by atoms with E-state index in [1.165, 1.54) is 0 Å². The maximum absolute atomic E-state index is 11.6. The van der Waals surface area contributed by atoms with Gasteiger partial charge in [0.2, 0.25) is 11.8 Å². The first kappa shape index (κ1) is 14.7. The summed E-state index contributed by atoms with van der Waals surface area (Å²) in [6.07, 6.45) is 0.992. The fraction of sp³-hybridized carbons (Fsp3) is 0.385. The van der Waals surface area contributed by atoms with Crippen molar-refractivity contribution in [2.75, 3.05) is 11.9 Å². The maximum atomic E-state index is 11.6. The van der Waals surface area contributed by atoms with Gasteiger partial charge in [0.05, 0.1) is 4.83 Å². The van der Waals surface area contributed by atoms with Crippen molar-refractivity contribution in [2.45, 2.75) is 24.6 Å². The van der Waals surface area contributed by atoms with E-state index in [0.717, 1.165) is 12.1 Å². The zero-order chi connectivity index (χ0) is 13.4. The Morgan fingerprint density at radius 3 is 2.56 bits per heavy atom. The zero-order valence-electron chi connectivity index (χ0n) is 10.3. The molecule has 4 nitrogen and oxygen atoms in total. The first-order valence-electron chi connectivity index (χ1n) is 5.90. The molecular weight excluding hydrogens is 296 g/mol. The highest BCUT2D eigenvalue weighted by atomic mass is 79.9. The summed E-state index contributed by atoms with van der Waals surface area (Å²) in [5.74, 6) is -0.186. The van der Waals surface area contributed by atoms with Crippen LogP contribution in [0, 0.1) is 0 Å². The third-order valence-electron chi connectivity index (χ3n) is 2.35. The molecule has 1 atom stereocenters. The Kier molecular flexibility index (Phi) is 6.43. The van der Waals surface area contributed by atoms with Gasteiger partial charge in [-0.05, 0) is 18.6 Å². The van der Waals surface area contributed by atoms with E-state index in [4.69, 9.17) is 0 Å². The molecule has 5 heteroatoms. The Bertz CT molecular complexity index is 395. The van der Waals surface area contributed by atoms with E-state index in [1.807, 2.05) is 37.3 Å². The molecule has 2 amide bonds. The minimum Gasteiger partial charge on any atom is -0.355 e. The van der Waals surface area contributed by atoms with Crippen molar-refractivity contribution in [1.29, 1.82) is 0 Å². The van der Waals surface area contributed by atoms with E-state index in [9.17, 15) is 9.59 Å². The van der Waals surface area contributed by atoms with Gasteiger partial charge in [-0.2, -0.15) is 0 Å². The molecule has 0 spiro atoms. The van der Waals surface area contributed by atoms with Gasteiger partial charge in [0, 0.05) is 18.7 Å². The van der Waals surface area contributed by atoms with Crippen molar-refractivity contribution >= 4 is 33.4 Å². The van der Waals surface area contributed by atoms with Gasteiger partial charge in [0.25, 0.3) is 0 Å². The second-order valence-electron chi connectivity index (χ2n) is 3.83. The van der Waals surface area contributed by atoms with Crippen LogP contribution in [0.4, 0.5) is 5.69 Å².